The van der Waals surface area contributed by atoms with Gasteiger partial charge in [-0.3, -0.25) is 0 Å². The summed E-state index contributed by atoms with van der Waals surface area (Å²) in [5, 5.41) is 0. The number of nitrogens with zero attached hydrogens (tertiary/aromatic N) is 1. The summed E-state index contributed by atoms with van der Waals surface area (Å²) < 4.78 is 5.35. The van der Waals surface area contributed by atoms with E-state index in [1.165, 1.54) is 25.7 Å². The fourth-order valence-corrected chi connectivity index (χ4v) is 3.46. The summed E-state index contributed by atoms with van der Waals surface area (Å²) in [4.78, 5) is 2.86. The minimum atomic E-state index is 0.454. The van der Waals surface area contributed by atoms with Gasteiger partial charge in [0.15, 0.2) is 0 Å². The summed E-state index contributed by atoms with van der Waals surface area (Å²) in [5.74, 6) is 0.854. The van der Waals surface area contributed by atoms with Crippen molar-refractivity contribution < 1.29 is 4.74 Å². The van der Waals surface area contributed by atoms with Gasteiger partial charge in [-0.15, -0.1) is 0 Å². The predicted octanol–water partition coefficient (Wildman–Crippen LogP) is 3.74. The van der Waals surface area contributed by atoms with Crippen molar-refractivity contribution in [2.24, 2.45) is 11.1 Å². The molecule has 1 heterocycles. The molecule has 21 heavy (non-hydrogen) atoms. The zero-order chi connectivity index (χ0) is 15.5. The summed E-state index contributed by atoms with van der Waals surface area (Å²) >= 11 is 5.20. The van der Waals surface area contributed by atoms with Gasteiger partial charge in [-0.1, -0.05) is 38.9 Å². The lowest BCUT2D eigenvalue weighted by Gasteiger charge is -2.42. The Morgan fingerprint density at radius 1 is 1.29 bits per heavy atom. The molecule has 1 saturated heterocycles. The van der Waals surface area contributed by atoms with Gasteiger partial charge in [-0.05, 0) is 30.4 Å². The number of thiocarbonyl (C=S) groups is 1. The number of piperidine rings is 1. The molecule has 1 aromatic rings. The fraction of sp³-hybridized carbons (Fsp3) is 0.588. The van der Waals surface area contributed by atoms with Gasteiger partial charge in [0.25, 0.3) is 0 Å². The van der Waals surface area contributed by atoms with Gasteiger partial charge >= 0.3 is 0 Å². The van der Waals surface area contributed by atoms with Crippen LogP contribution in [0.1, 0.15) is 45.1 Å². The Hall–Kier alpha value is -1.29. The minimum Gasteiger partial charge on any atom is -0.497 e. The van der Waals surface area contributed by atoms with E-state index < -0.39 is 0 Å². The Labute approximate surface area is 133 Å². The second kappa shape index (κ2) is 6.65. The molecule has 1 aromatic carbocycles. The zero-order valence-corrected chi connectivity index (χ0v) is 14.1. The lowest BCUT2D eigenvalue weighted by molar-refractivity contribution is 0.199. The molecule has 3 nitrogen and oxygen atoms in total. The number of rotatable bonds is 5. The van der Waals surface area contributed by atoms with Gasteiger partial charge in [0, 0.05) is 24.7 Å². The molecule has 0 radical (unpaired) electrons. The first-order valence-electron chi connectivity index (χ1n) is 7.78. The number of anilines is 1. The van der Waals surface area contributed by atoms with E-state index in [1.54, 1.807) is 7.11 Å². The van der Waals surface area contributed by atoms with Crippen molar-refractivity contribution in [2.75, 3.05) is 25.1 Å². The van der Waals surface area contributed by atoms with Crippen LogP contribution in [0, 0.1) is 5.41 Å². The Morgan fingerprint density at radius 2 is 1.90 bits per heavy atom. The van der Waals surface area contributed by atoms with Crippen LogP contribution in [0.4, 0.5) is 5.69 Å². The van der Waals surface area contributed by atoms with Crippen LogP contribution in [0.2, 0.25) is 0 Å². The maximum atomic E-state index is 5.88. The molecule has 0 bridgehead atoms. The first kappa shape index (κ1) is 16.1. The number of hydrogen-bond acceptors (Lipinski definition) is 3. The Bertz CT molecular complexity index is 502. The molecule has 2 rings (SSSR count). The van der Waals surface area contributed by atoms with E-state index in [9.17, 15) is 0 Å². The highest BCUT2D eigenvalue weighted by molar-refractivity contribution is 7.80. The second-order valence-corrected chi connectivity index (χ2v) is 6.38. The molecule has 0 unspecified atom stereocenters. The van der Waals surface area contributed by atoms with E-state index in [1.807, 2.05) is 12.1 Å². The summed E-state index contributed by atoms with van der Waals surface area (Å²) in [6.07, 6.45) is 4.98. The smallest absolute Gasteiger partial charge is 0.120 e. The van der Waals surface area contributed by atoms with Crippen LogP contribution in [0.15, 0.2) is 18.2 Å². The SMILES string of the molecule is CCC1(CC)CCN(c2cc(OC)ccc2C(N)=S)CC1. The fourth-order valence-electron chi connectivity index (χ4n) is 3.29. The second-order valence-electron chi connectivity index (χ2n) is 5.94. The van der Waals surface area contributed by atoms with E-state index in [-0.39, 0.29) is 0 Å². The molecule has 0 aromatic heterocycles. The Balaban J connectivity index is 2.24. The molecular weight excluding hydrogens is 280 g/mol. The van der Waals surface area contributed by atoms with E-state index >= 15 is 0 Å². The third-order valence-corrected chi connectivity index (χ3v) is 5.36. The highest BCUT2D eigenvalue weighted by Gasteiger charge is 2.32. The van der Waals surface area contributed by atoms with Crippen LogP contribution in [-0.4, -0.2) is 25.2 Å². The number of nitrogens with two attached hydrogens (primary N) is 1. The van der Waals surface area contributed by atoms with Gasteiger partial charge < -0.3 is 15.4 Å². The van der Waals surface area contributed by atoms with Crippen molar-refractivity contribution in [3.63, 3.8) is 0 Å². The molecule has 0 atom stereocenters. The van der Waals surface area contributed by atoms with E-state index in [0.29, 0.717) is 10.4 Å². The van der Waals surface area contributed by atoms with Gasteiger partial charge in [-0.25, -0.2) is 0 Å². The van der Waals surface area contributed by atoms with Crippen molar-refractivity contribution in [1.82, 2.24) is 0 Å². The highest BCUT2D eigenvalue weighted by atomic mass is 32.1. The van der Waals surface area contributed by atoms with E-state index in [0.717, 1.165) is 30.1 Å². The van der Waals surface area contributed by atoms with Crippen molar-refractivity contribution in [2.45, 2.75) is 39.5 Å². The maximum Gasteiger partial charge on any atom is 0.120 e. The Morgan fingerprint density at radius 3 is 2.38 bits per heavy atom. The molecule has 1 aliphatic heterocycles. The van der Waals surface area contributed by atoms with Gasteiger partial charge in [0.2, 0.25) is 0 Å². The topological polar surface area (TPSA) is 38.5 Å². The van der Waals surface area contributed by atoms with Crippen molar-refractivity contribution >= 4 is 22.9 Å². The van der Waals surface area contributed by atoms with Crippen LogP contribution in [0.25, 0.3) is 0 Å². The summed E-state index contributed by atoms with van der Waals surface area (Å²) in [7, 11) is 1.69. The lowest BCUT2D eigenvalue weighted by atomic mass is 9.74. The van der Waals surface area contributed by atoms with Crippen molar-refractivity contribution in [1.29, 1.82) is 0 Å². The summed E-state index contributed by atoms with van der Waals surface area (Å²) in [5.41, 5.74) is 8.46. The zero-order valence-electron chi connectivity index (χ0n) is 13.3. The highest BCUT2D eigenvalue weighted by Crippen LogP contribution is 2.40. The number of benzene rings is 1. The molecular formula is C17H26N2OS. The van der Waals surface area contributed by atoms with Crippen LogP contribution >= 0.6 is 12.2 Å². The van der Waals surface area contributed by atoms with E-state index in [4.69, 9.17) is 22.7 Å². The molecule has 2 N–H and O–H groups in total. The molecule has 0 saturated carbocycles. The van der Waals surface area contributed by atoms with Gasteiger partial charge in [-0.2, -0.15) is 0 Å². The van der Waals surface area contributed by atoms with Gasteiger partial charge in [0.1, 0.15) is 10.7 Å². The molecule has 1 fully saturated rings. The predicted molar refractivity (Wildman–Crippen MR) is 93.3 cm³/mol. The van der Waals surface area contributed by atoms with Gasteiger partial charge in [0.05, 0.1) is 12.8 Å². The molecule has 1 aliphatic rings. The molecule has 0 amide bonds. The quantitative estimate of drug-likeness (QED) is 0.841. The number of methoxy groups -OCH3 is 1. The lowest BCUT2D eigenvalue weighted by Crippen LogP contribution is -2.40. The van der Waals surface area contributed by atoms with Crippen LogP contribution in [0.3, 0.4) is 0 Å². The molecule has 116 valence electrons. The first-order valence-corrected chi connectivity index (χ1v) is 8.19. The standard InChI is InChI=1S/C17H26N2OS/c1-4-17(5-2)8-10-19(11-9-17)15-12-13(20-3)6-7-14(15)16(18)21/h6-7,12H,4-5,8-11H2,1-3H3,(H2,18,21). The average Bonchev–Trinajstić information content (AvgIpc) is 2.54. The first-order chi connectivity index (χ1) is 10.0. The van der Waals surface area contributed by atoms with Crippen LogP contribution < -0.4 is 15.4 Å². The Kier molecular flexibility index (Phi) is 5.09. The molecule has 4 heteroatoms. The average molecular weight is 306 g/mol. The summed E-state index contributed by atoms with van der Waals surface area (Å²) in [6.45, 7) is 6.74. The van der Waals surface area contributed by atoms with Crippen molar-refractivity contribution in [3.8, 4) is 5.75 Å². The number of hydrogen-bond donors (Lipinski definition) is 1. The number of ether oxygens (including phenoxy) is 1. The molecule has 0 aliphatic carbocycles. The van der Waals surface area contributed by atoms with Crippen molar-refractivity contribution in [3.05, 3.63) is 23.8 Å². The third kappa shape index (κ3) is 3.31. The normalized spacial score (nSPS) is 17.6. The third-order valence-electron chi connectivity index (χ3n) is 5.14. The minimum absolute atomic E-state index is 0.454. The van der Waals surface area contributed by atoms with Crippen LogP contribution in [-0.2, 0) is 0 Å². The summed E-state index contributed by atoms with van der Waals surface area (Å²) in [6, 6.07) is 5.95. The molecule has 0 spiro atoms. The largest absolute Gasteiger partial charge is 0.497 e. The maximum absolute atomic E-state index is 5.88. The van der Waals surface area contributed by atoms with Crippen LogP contribution in [0.5, 0.6) is 5.75 Å². The van der Waals surface area contributed by atoms with E-state index in [2.05, 4.69) is 24.8 Å². The monoisotopic (exact) mass is 306 g/mol.